The lowest BCUT2D eigenvalue weighted by Crippen LogP contribution is -2.03. The Morgan fingerprint density at radius 2 is 1.89 bits per heavy atom. The molecular formula is C16H17NO2. The summed E-state index contributed by atoms with van der Waals surface area (Å²) in [5.41, 5.74) is 1.25. The van der Waals surface area contributed by atoms with Crippen LogP contribution < -0.4 is 4.74 Å². The van der Waals surface area contributed by atoms with Gasteiger partial charge in [0.15, 0.2) is 5.78 Å². The SMILES string of the molecule is CCCCOc1ccc(C(=O)c2ccccc2)cn1. The highest BCUT2D eigenvalue weighted by molar-refractivity contribution is 6.08. The summed E-state index contributed by atoms with van der Waals surface area (Å²) in [7, 11) is 0. The van der Waals surface area contributed by atoms with Crippen molar-refractivity contribution in [3.63, 3.8) is 0 Å². The van der Waals surface area contributed by atoms with Gasteiger partial charge in [-0.1, -0.05) is 43.7 Å². The number of carbonyl (C=O) groups is 1. The number of hydrogen-bond donors (Lipinski definition) is 0. The average molecular weight is 255 g/mol. The minimum Gasteiger partial charge on any atom is -0.478 e. The fourth-order valence-corrected chi connectivity index (χ4v) is 1.68. The molecule has 0 fully saturated rings. The van der Waals surface area contributed by atoms with E-state index in [0.29, 0.717) is 23.6 Å². The topological polar surface area (TPSA) is 39.2 Å². The van der Waals surface area contributed by atoms with Gasteiger partial charge in [-0.25, -0.2) is 4.98 Å². The minimum atomic E-state index is -0.0202. The summed E-state index contributed by atoms with van der Waals surface area (Å²) in [4.78, 5) is 16.3. The largest absolute Gasteiger partial charge is 0.478 e. The van der Waals surface area contributed by atoms with E-state index in [2.05, 4.69) is 11.9 Å². The Labute approximate surface area is 113 Å². The molecule has 0 N–H and O–H groups in total. The van der Waals surface area contributed by atoms with E-state index in [-0.39, 0.29) is 5.78 Å². The van der Waals surface area contributed by atoms with Crippen molar-refractivity contribution in [1.29, 1.82) is 0 Å². The van der Waals surface area contributed by atoms with E-state index in [1.165, 1.54) is 0 Å². The highest BCUT2D eigenvalue weighted by Gasteiger charge is 2.08. The van der Waals surface area contributed by atoms with Gasteiger partial charge in [0.2, 0.25) is 5.88 Å². The number of carbonyl (C=O) groups excluding carboxylic acids is 1. The lowest BCUT2D eigenvalue weighted by atomic mass is 10.1. The second-order valence-electron chi connectivity index (χ2n) is 4.28. The molecule has 0 aliphatic carbocycles. The van der Waals surface area contributed by atoms with Crippen molar-refractivity contribution >= 4 is 5.78 Å². The molecule has 3 nitrogen and oxygen atoms in total. The third-order valence-corrected chi connectivity index (χ3v) is 2.78. The summed E-state index contributed by atoms with van der Waals surface area (Å²) in [5.74, 6) is 0.547. The lowest BCUT2D eigenvalue weighted by Gasteiger charge is -2.05. The molecule has 0 unspecified atom stereocenters. The molecule has 0 radical (unpaired) electrons. The van der Waals surface area contributed by atoms with Gasteiger partial charge in [-0.15, -0.1) is 0 Å². The average Bonchev–Trinajstić information content (AvgIpc) is 2.48. The smallest absolute Gasteiger partial charge is 0.213 e. The molecule has 19 heavy (non-hydrogen) atoms. The third-order valence-electron chi connectivity index (χ3n) is 2.78. The summed E-state index contributed by atoms with van der Waals surface area (Å²) in [6.45, 7) is 2.77. The maximum absolute atomic E-state index is 12.1. The van der Waals surface area contributed by atoms with Crippen LogP contribution >= 0.6 is 0 Å². The first-order valence-electron chi connectivity index (χ1n) is 6.50. The molecule has 0 saturated carbocycles. The van der Waals surface area contributed by atoms with Crippen LogP contribution in [0.2, 0.25) is 0 Å². The van der Waals surface area contributed by atoms with Gasteiger partial charge in [0.25, 0.3) is 0 Å². The van der Waals surface area contributed by atoms with Crippen molar-refractivity contribution in [3.8, 4) is 5.88 Å². The molecule has 0 amide bonds. The van der Waals surface area contributed by atoms with E-state index in [1.54, 1.807) is 30.5 Å². The van der Waals surface area contributed by atoms with Gasteiger partial charge < -0.3 is 4.74 Å². The summed E-state index contributed by atoms with van der Waals surface area (Å²) in [6.07, 6.45) is 3.66. The Hall–Kier alpha value is -2.16. The van der Waals surface area contributed by atoms with E-state index in [9.17, 15) is 4.79 Å². The fraction of sp³-hybridized carbons (Fsp3) is 0.250. The third kappa shape index (κ3) is 3.65. The number of hydrogen-bond acceptors (Lipinski definition) is 3. The molecule has 0 aliphatic rings. The summed E-state index contributed by atoms with van der Waals surface area (Å²) >= 11 is 0. The summed E-state index contributed by atoms with van der Waals surface area (Å²) in [5, 5.41) is 0. The number of rotatable bonds is 6. The Morgan fingerprint density at radius 3 is 2.53 bits per heavy atom. The number of ether oxygens (including phenoxy) is 1. The van der Waals surface area contributed by atoms with Crippen molar-refractivity contribution in [3.05, 3.63) is 59.8 Å². The van der Waals surface area contributed by atoms with Crippen molar-refractivity contribution in [2.24, 2.45) is 0 Å². The van der Waals surface area contributed by atoms with E-state index in [0.717, 1.165) is 12.8 Å². The first-order chi connectivity index (χ1) is 9.31. The zero-order valence-electron chi connectivity index (χ0n) is 11.0. The number of unbranched alkanes of at least 4 members (excludes halogenated alkanes) is 1. The van der Waals surface area contributed by atoms with Crippen LogP contribution in [0.15, 0.2) is 48.7 Å². The second-order valence-corrected chi connectivity index (χ2v) is 4.28. The molecule has 1 aromatic carbocycles. The molecule has 0 atom stereocenters. The van der Waals surface area contributed by atoms with Gasteiger partial charge in [-0.05, 0) is 12.5 Å². The maximum atomic E-state index is 12.1. The fourth-order valence-electron chi connectivity index (χ4n) is 1.68. The molecular weight excluding hydrogens is 238 g/mol. The van der Waals surface area contributed by atoms with Gasteiger partial charge in [0.1, 0.15) is 0 Å². The van der Waals surface area contributed by atoms with Crippen LogP contribution in [0.25, 0.3) is 0 Å². The van der Waals surface area contributed by atoms with Gasteiger partial charge >= 0.3 is 0 Å². The van der Waals surface area contributed by atoms with E-state index in [1.807, 2.05) is 18.2 Å². The van der Waals surface area contributed by atoms with E-state index >= 15 is 0 Å². The predicted molar refractivity (Wildman–Crippen MR) is 74.5 cm³/mol. The van der Waals surface area contributed by atoms with Crippen LogP contribution in [-0.4, -0.2) is 17.4 Å². The van der Waals surface area contributed by atoms with Crippen molar-refractivity contribution in [2.45, 2.75) is 19.8 Å². The highest BCUT2D eigenvalue weighted by Crippen LogP contribution is 2.12. The van der Waals surface area contributed by atoms with Gasteiger partial charge in [0.05, 0.1) is 6.61 Å². The van der Waals surface area contributed by atoms with E-state index < -0.39 is 0 Å². The van der Waals surface area contributed by atoms with Crippen LogP contribution in [0, 0.1) is 0 Å². The molecule has 2 rings (SSSR count). The van der Waals surface area contributed by atoms with Gasteiger partial charge in [-0.3, -0.25) is 4.79 Å². The minimum absolute atomic E-state index is 0.0202. The number of aromatic nitrogens is 1. The number of nitrogens with zero attached hydrogens (tertiary/aromatic N) is 1. The quantitative estimate of drug-likeness (QED) is 0.586. The molecule has 2 aromatic rings. The van der Waals surface area contributed by atoms with Crippen LogP contribution in [0.4, 0.5) is 0 Å². The molecule has 1 heterocycles. The number of ketones is 1. The molecule has 0 spiro atoms. The zero-order valence-corrected chi connectivity index (χ0v) is 11.0. The van der Waals surface area contributed by atoms with Crippen molar-refractivity contribution in [1.82, 2.24) is 4.98 Å². The summed E-state index contributed by atoms with van der Waals surface area (Å²) in [6, 6.07) is 12.7. The Kier molecular flexibility index (Phi) is 4.67. The number of pyridine rings is 1. The lowest BCUT2D eigenvalue weighted by molar-refractivity contribution is 0.103. The van der Waals surface area contributed by atoms with Crippen molar-refractivity contribution < 1.29 is 9.53 Å². The summed E-state index contributed by atoms with van der Waals surface area (Å²) < 4.78 is 5.46. The van der Waals surface area contributed by atoms with Crippen LogP contribution in [0.3, 0.4) is 0 Å². The molecule has 98 valence electrons. The Morgan fingerprint density at radius 1 is 1.11 bits per heavy atom. The van der Waals surface area contributed by atoms with Gasteiger partial charge in [-0.2, -0.15) is 0 Å². The first-order valence-corrected chi connectivity index (χ1v) is 6.50. The molecule has 3 heteroatoms. The van der Waals surface area contributed by atoms with Crippen LogP contribution in [-0.2, 0) is 0 Å². The monoisotopic (exact) mass is 255 g/mol. The van der Waals surface area contributed by atoms with Crippen LogP contribution in [0.5, 0.6) is 5.88 Å². The van der Waals surface area contributed by atoms with Gasteiger partial charge in [0, 0.05) is 23.4 Å². The highest BCUT2D eigenvalue weighted by atomic mass is 16.5. The standard InChI is InChI=1S/C16H17NO2/c1-2-3-11-19-15-10-9-14(12-17-15)16(18)13-7-5-4-6-8-13/h4-10,12H,2-3,11H2,1H3. The maximum Gasteiger partial charge on any atom is 0.213 e. The Balaban J connectivity index is 2.04. The molecule has 1 aromatic heterocycles. The molecule has 0 bridgehead atoms. The van der Waals surface area contributed by atoms with Crippen molar-refractivity contribution in [2.75, 3.05) is 6.61 Å². The Bertz CT molecular complexity index is 520. The molecule has 0 saturated heterocycles. The van der Waals surface area contributed by atoms with E-state index in [4.69, 9.17) is 4.74 Å². The predicted octanol–water partition coefficient (Wildman–Crippen LogP) is 3.49. The number of benzene rings is 1. The van der Waals surface area contributed by atoms with Crippen LogP contribution in [0.1, 0.15) is 35.7 Å². The first kappa shape index (κ1) is 13.3. The second kappa shape index (κ2) is 6.69. The molecule has 0 aliphatic heterocycles. The zero-order chi connectivity index (χ0) is 13.5. The normalized spacial score (nSPS) is 10.2.